The molecule has 2 aliphatic rings. The Kier molecular flexibility index (Phi) is 3.39. The lowest BCUT2D eigenvalue weighted by Gasteiger charge is -2.16. The van der Waals surface area contributed by atoms with E-state index in [-0.39, 0.29) is 0 Å². The van der Waals surface area contributed by atoms with Crippen LogP contribution in [-0.2, 0) is 0 Å². The van der Waals surface area contributed by atoms with Crippen molar-refractivity contribution in [3.63, 3.8) is 0 Å². The second-order valence-corrected chi connectivity index (χ2v) is 7.52. The molecule has 2 aromatic rings. The van der Waals surface area contributed by atoms with E-state index in [1.54, 1.807) is 0 Å². The molecule has 0 radical (unpaired) electrons. The van der Waals surface area contributed by atoms with E-state index in [1.165, 1.54) is 22.3 Å². The molecule has 0 aliphatic heterocycles. The highest BCUT2D eigenvalue weighted by molar-refractivity contribution is 9.10. The predicted octanol–water partition coefficient (Wildman–Crippen LogP) is 6.46. The molecule has 0 amide bonds. The van der Waals surface area contributed by atoms with Gasteiger partial charge in [-0.15, -0.1) is 0 Å². The Balaban J connectivity index is 1.85. The SMILES string of the molecule is Brc1ccc2c(c1)C(CC1C=CC=C1)c1cc(Br)ccc1-2. The summed E-state index contributed by atoms with van der Waals surface area (Å²) in [7, 11) is 0. The van der Waals surface area contributed by atoms with Gasteiger partial charge in [-0.1, -0.05) is 68.3 Å². The molecule has 2 aliphatic carbocycles. The molecule has 0 nitrogen and oxygen atoms in total. The summed E-state index contributed by atoms with van der Waals surface area (Å²) in [4.78, 5) is 0. The molecule has 0 heterocycles. The summed E-state index contributed by atoms with van der Waals surface area (Å²) in [6.07, 6.45) is 10.0. The number of fused-ring (bicyclic) bond motifs is 3. The van der Waals surface area contributed by atoms with E-state index in [0.717, 1.165) is 15.4 Å². The molecule has 4 rings (SSSR count). The lowest BCUT2D eigenvalue weighted by molar-refractivity contribution is 0.649. The highest BCUT2D eigenvalue weighted by atomic mass is 79.9. The van der Waals surface area contributed by atoms with E-state index in [2.05, 4.69) is 92.6 Å². The van der Waals surface area contributed by atoms with Crippen molar-refractivity contribution in [2.45, 2.75) is 12.3 Å². The van der Waals surface area contributed by atoms with Gasteiger partial charge in [-0.2, -0.15) is 0 Å². The van der Waals surface area contributed by atoms with Crippen LogP contribution < -0.4 is 0 Å². The predicted molar refractivity (Wildman–Crippen MR) is 95.5 cm³/mol. The molecule has 0 saturated heterocycles. The lowest BCUT2D eigenvalue weighted by atomic mass is 9.88. The summed E-state index contributed by atoms with van der Waals surface area (Å²) in [6.45, 7) is 0. The molecule has 0 saturated carbocycles. The first-order chi connectivity index (χ1) is 10.2. The maximum absolute atomic E-state index is 3.63. The highest BCUT2D eigenvalue weighted by Gasteiger charge is 2.30. The van der Waals surface area contributed by atoms with Gasteiger partial charge in [0.05, 0.1) is 0 Å². The average Bonchev–Trinajstić information content (AvgIpc) is 3.07. The minimum atomic E-state index is 0.474. The van der Waals surface area contributed by atoms with Crippen LogP contribution in [0.4, 0.5) is 0 Å². The molecular formula is C19H14Br2. The van der Waals surface area contributed by atoms with Gasteiger partial charge in [-0.05, 0) is 58.9 Å². The fourth-order valence-electron chi connectivity index (χ4n) is 3.46. The largest absolute Gasteiger partial charge is 0.0776 e. The number of benzene rings is 2. The molecule has 0 bridgehead atoms. The number of allylic oxidation sites excluding steroid dienone is 4. The second kappa shape index (κ2) is 5.26. The topological polar surface area (TPSA) is 0 Å². The Hall–Kier alpha value is -1.12. The minimum Gasteiger partial charge on any atom is -0.0776 e. The Bertz CT molecular complexity index is 708. The number of hydrogen-bond donors (Lipinski definition) is 0. The van der Waals surface area contributed by atoms with Crippen LogP contribution in [0.1, 0.15) is 23.5 Å². The van der Waals surface area contributed by atoms with E-state index in [9.17, 15) is 0 Å². The standard InChI is InChI=1S/C19H14Br2/c20-13-5-7-15-16-8-6-14(21)11-19(16)17(18(15)10-13)9-12-3-1-2-4-12/h1-8,10-12,17H,9H2. The Morgan fingerprint density at radius 1 is 0.762 bits per heavy atom. The zero-order valence-electron chi connectivity index (χ0n) is 11.4. The van der Waals surface area contributed by atoms with Crippen LogP contribution in [0.5, 0.6) is 0 Å². The molecule has 0 fully saturated rings. The van der Waals surface area contributed by atoms with Crippen LogP contribution >= 0.6 is 31.9 Å². The first-order valence-electron chi connectivity index (χ1n) is 7.16. The molecule has 2 aromatic carbocycles. The van der Waals surface area contributed by atoms with Crippen LogP contribution in [0.3, 0.4) is 0 Å². The zero-order valence-corrected chi connectivity index (χ0v) is 14.6. The van der Waals surface area contributed by atoms with Gasteiger partial charge in [0, 0.05) is 14.9 Å². The molecule has 21 heavy (non-hydrogen) atoms. The molecule has 0 aromatic heterocycles. The Morgan fingerprint density at radius 3 is 1.81 bits per heavy atom. The van der Waals surface area contributed by atoms with E-state index in [0.29, 0.717) is 11.8 Å². The average molecular weight is 402 g/mol. The molecule has 0 N–H and O–H groups in total. The molecular weight excluding hydrogens is 388 g/mol. The van der Waals surface area contributed by atoms with Gasteiger partial charge in [0.15, 0.2) is 0 Å². The Morgan fingerprint density at radius 2 is 1.29 bits per heavy atom. The molecule has 2 heteroatoms. The smallest absolute Gasteiger partial charge is 0.0178 e. The summed E-state index contributed by atoms with van der Waals surface area (Å²) >= 11 is 7.25. The van der Waals surface area contributed by atoms with Crippen LogP contribution in [-0.4, -0.2) is 0 Å². The number of halogens is 2. The van der Waals surface area contributed by atoms with Crippen molar-refractivity contribution >= 4 is 31.9 Å². The summed E-state index contributed by atoms with van der Waals surface area (Å²) in [5.74, 6) is 1.02. The van der Waals surface area contributed by atoms with E-state index < -0.39 is 0 Å². The fourth-order valence-corrected chi connectivity index (χ4v) is 4.22. The number of rotatable bonds is 2. The summed E-state index contributed by atoms with van der Waals surface area (Å²) in [6, 6.07) is 13.3. The maximum atomic E-state index is 3.63. The van der Waals surface area contributed by atoms with Crippen LogP contribution in [0.2, 0.25) is 0 Å². The normalized spacial score (nSPS) is 16.5. The molecule has 104 valence electrons. The third-order valence-electron chi connectivity index (χ3n) is 4.40. The Labute approximate surface area is 141 Å². The maximum Gasteiger partial charge on any atom is 0.0178 e. The summed E-state index contributed by atoms with van der Waals surface area (Å²) < 4.78 is 2.33. The van der Waals surface area contributed by atoms with Gasteiger partial charge < -0.3 is 0 Å². The third-order valence-corrected chi connectivity index (χ3v) is 5.39. The van der Waals surface area contributed by atoms with Crippen molar-refractivity contribution in [2.75, 3.05) is 0 Å². The van der Waals surface area contributed by atoms with Crippen molar-refractivity contribution in [3.8, 4) is 11.1 Å². The quantitative estimate of drug-likeness (QED) is 0.541. The second-order valence-electron chi connectivity index (χ2n) is 5.69. The van der Waals surface area contributed by atoms with Gasteiger partial charge in [-0.3, -0.25) is 0 Å². The van der Waals surface area contributed by atoms with Crippen LogP contribution in [0, 0.1) is 5.92 Å². The van der Waals surface area contributed by atoms with Crippen LogP contribution in [0.25, 0.3) is 11.1 Å². The van der Waals surface area contributed by atoms with Gasteiger partial charge in [0.25, 0.3) is 0 Å². The molecule has 0 atom stereocenters. The minimum absolute atomic E-state index is 0.474. The van der Waals surface area contributed by atoms with Crippen molar-refractivity contribution in [1.82, 2.24) is 0 Å². The van der Waals surface area contributed by atoms with E-state index in [1.807, 2.05) is 0 Å². The first kappa shape index (κ1) is 13.5. The van der Waals surface area contributed by atoms with Crippen LogP contribution in [0.15, 0.2) is 69.6 Å². The highest BCUT2D eigenvalue weighted by Crippen LogP contribution is 2.49. The van der Waals surface area contributed by atoms with Crippen molar-refractivity contribution in [3.05, 3.63) is 80.8 Å². The number of hydrogen-bond acceptors (Lipinski definition) is 0. The van der Waals surface area contributed by atoms with E-state index in [4.69, 9.17) is 0 Å². The van der Waals surface area contributed by atoms with Gasteiger partial charge in [0.1, 0.15) is 0 Å². The van der Waals surface area contributed by atoms with Crippen molar-refractivity contribution in [2.24, 2.45) is 5.92 Å². The first-order valence-corrected chi connectivity index (χ1v) is 8.75. The van der Waals surface area contributed by atoms with E-state index >= 15 is 0 Å². The molecule has 0 spiro atoms. The van der Waals surface area contributed by atoms with Gasteiger partial charge in [-0.25, -0.2) is 0 Å². The zero-order chi connectivity index (χ0) is 14.4. The fraction of sp³-hybridized carbons (Fsp3) is 0.158. The van der Waals surface area contributed by atoms with Gasteiger partial charge >= 0.3 is 0 Å². The molecule has 0 unspecified atom stereocenters. The third kappa shape index (κ3) is 2.35. The van der Waals surface area contributed by atoms with Crippen molar-refractivity contribution < 1.29 is 0 Å². The summed E-state index contributed by atoms with van der Waals surface area (Å²) in [5.41, 5.74) is 5.67. The lowest BCUT2D eigenvalue weighted by Crippen LogP contribution is -2.02. The monoisotopic (exact) mass is 400 g/mol. The van der Waals surface area contributed by atoms with Crippen molar-refractivity contribution in [1.29, 1.82) is 0 Å². The van der Waals surface area contributed by atoms with Gasteiger partial charge in [0.2, 0.25) is 0 Å². The summed E-state index contributed by atoms with van der Waals surface area (Å²) in [5, 5.41) is 0.